The van der Waals surface area contributed by atoms with Crippen molar-refractivity contribution in [3.63, 3.8) is 0 Å². The highest BCUT2D eigenvalue weighted by atomic mass is 16.4. The van der Waals surface area contributed by atoms with Crippen molar-refractivity contribution in [3.05, 3.63) is 23.3 Å². The lowest BCUT2D eigenvalue weighted by molar-refractivity contribution is -0.141. The van der Waals surface area contributed by atoms with E-state index in [-0.39, 0.29) is 12.0 Å². The number of hydrogen-bond donors (Lipinski definition) is 4. The Morgan fingerprint density at radius 3 is 2.38 bits per heavy atom. The minimum absolute atomic E-state index is 0.0193. The Hall–Kier alpha value is -1.66. The second-order valence-electron chi connectivity index (χ2n) is 3.94. The summed E-state index contributed by atoms with van der Waals surface area (Å²) in [6, 6.07) is 0. The van der Waals surface area contributed by atoms with Crippen LogP contribution in [0.1, 0.15) is 6.42 Å². The van der Waals surface area contributed by atoms with E-state index in [1.54, 1.807) is 0 Å². The van der Waals surface area contributed by atoms with Crippen LogP contribution in [0.2, 0.25) is 0 Å². The summed E-state index contributed by atoms with van der Waals surface area (Å²) in [5.41, 5.74) is -3.07. The van der Waals surface area contributed by atoms with Crippen molar-refractivity contribution in [2.24, 2.45) is 5.92 Å². The molecule has 0 fully saturated rings. The number of carbonyl (C=O) groups is 2. The van der Waals surface area contributed by atoms with Crippen LogP contribution in [-0.4, -0.2) is 44.1 Å². The quantitative estimate of drug-likeness (QED) is 0.455. The predicted octanol–water partition coefficient (Wildman–Crippen LogP) is -0.866. The standard InChI is InChI=1S/C10H10O6/c11-5-3-4-1-2-10(5,16)7(9(14)15)6(4)8(12)13/h1-2,4-5,11,16H,3H2,(H,12,13)(H,14,15). The van der Waals surface area contributed by atoms with E-state index in [9.17, 15) is 19.8 Å². The third-order valence-corrected chi connectivity index (χ3v) is 3.05. The fraction of sp³-hybridized carbons (Fsp3) is 0.400. The molecule has 3 aliphatic rings. The van der Waals surface area contributed by atoms with Gasteiger partial charge in [0.15, 0.2) is 0 Å². The molecule has 4 N–H and O–H groups in total. The number of carboxylic acids is 2. The molecule has 0 radical (unpaired) electrons. The lowest BCUT2D eigenvalue weighted by atomic mass is 9.67. The van der Waals surface area contributed by atoms with Crippen molar-refractivity contribution < 1.29 is 30.0 Å². The van der Waals surface area contributed by atoms with Gasteiger partial charge in [-0.3, -0.25) is 0 Å². The molecule has 6 heteroatoms. The van der Waals surface area contributed by atoms with Gasteiger partial charge in [0.25, 0.3) is 0 Å². The first-order valence-electron chi connectivity index (χ1n) is 4.69. The molecule has 0 aliphatic heterocycles. The molecule has 0 aromatic carbocycles. The van der Waals surface area contributed by atoms with E-state index in [1.165, 1.54) is 6.08 Å². The molecule has 3 aliphatic carbocycles. The van der Waals surface area contributed by atoms with Crippen molar-refractivity contribution in [1.29, 1.82) is 0 Å². The molecule has 16 heavy (non-hydrogen) atoms. The average molecular weight is 226 g/mol. The zero-order chi connectivity index (χ0) is 12.1. The maximum Gasteiger partial charge on any atom is 0.335 e. The smallest absolute Gasteiger partial charge is 0.335 e. The first-order valence-corrected chi connectivity index (χ1v) is 4.69. The maximum absolute atomic E-state index is 11.0. The van der Waals surface area contributed by atoms with Gasteiger partial charge in [-0.05, 0) is 12.5 Å². The van der Waals surface area contributed by atoms with Crippen LogP contribution in [0.15, 0.2) is 23.3 Å². The van der Waals surface area contributed by atoms with E-state index in [4.69, 9.17) is 10.2 Å². The lowest BCUT2D eigenvalue weighted by Crippen LogP contribution is -2.53. The minimum atomic E-state index is -2.09. The molecule has 3 unspecified atom stereocenters. The van der Waals surface area contributed by atoms with Crippen LogP contribution < -0.4 is 0 Å². The van der Waals surface area contributed by atoms with Gasteiger partial charge < -0.3 is 20.4 Å². The third-order valence-electron chi connectivity index (χ3n) is 3.05. The van der Waals surface area contributed by atoms with E-state index in [0.717, 1.165) is 6.08 Å². The van der Waals surface area contributed by atoms with Crippen molar-refractivity contribution in [1.82, 2.24) is 0 Å². The van der Waals surface area contributed by atoms with Gasteiger partial charge in [-0.15, -0.1) is 0 Å². The van der Waals surface area contributed by atoms with Crippen molar-refractivity contribution in [2.45, 2.75) is 18.1 Å². The molecular weight excluding hydrogens is 216 g/mol. The predicted molar refractivity (Wildman–Crippen MR) is 50.5 cm³/mol. The second-order valence-corrected chi connectivity index (χ2v) is 3.94. The zero-order valence-electron chi connectivity index (χ0n) is 8.12. The fourth-order valence-electron chi connectivity index (χ4n) is 2.29. The Bertz CT molecular complexity index is 435. The van der Waals surface area contributed by atoms with Crippen LogP contribution in [-0.2, 0) is 9.59 Å². The minimum Gasteiger partial charge on any atom is -0.478 e. The van der Waals surface area contributed by atoms with Gasteiger partial charge in [0.05, 0.1) is 17.3 Å². The first kappa shape index (κ1) is 10.8. The number of aliphatic hydroxyl groups excluding tert-OH is 1. The highest BCUT2D eigenvalue weighted by Gasteiger charge is 2.52. The summed E-state index contributed by atoms with van der Waals surface area (Å²) < 4.78 is 0. The molecule has 0 heterocycles. The molecular formula is C10H10O6. The Kier molecular flexibility index (Phi) is 2.14. The molecule has 0 spiro atoms. The van der Waals surface area contributed by atoms with E-state index < -0.39 is 35.1 Å². The summed E-state index contributed by atoms with van der Waals surface area (Å²) in [6.07, 6.45) is 1.31. The second kappa shape index (κ2) is 3.16. The largest absolute Gasteiger partial charge is 0.478 e. The number of aliphatic carboxylic acids is 2. The Morgan fingerprint density at radius 2 is 1.94 bits per heavy atom. The van der Waals surface area contributed by atoms with Crippen molar-refractivity contribution in [3.8, 4) is 0 Å². The van der Waals surface area contributed by atoms with Gasteiger partial charge in [0.2, 0.25) is 0 Å². The van der Waals surface area contributed by atoms with Crippen LogP contribution >= 0.6 is 0 Å². The molecule has 6 nitrogen and oxygen atoms in total. The number of hydrogen-bond acceptors (Lipinski definition) is 4. The van der Waals surface area contributed by atoms with Crippen LogP contribution in [0.3, 0.4) is 0 Å². The summed E-state index contributed by atoms with van der Waals surface area (Å²) in [6.45, 7) is 0. The van der Waals surface area contributed by atoms with E-state index in [2.05, 4.69) is 0 Å². The molecule has 3 rings (SSSR count). The Labute approximate surface area is 90.1 Å². The molecule has 0 saturated carbocycles. The summed E-state index contributed by atoms with van der Waals surface area (Å²) in [5.74, 6) is -3.56. The number of fused-ring (bicyclic) bond motifs is 1. The Morgan fingerprint density at radius 1 is 1.31 bits per heavy atom. The molecule has 0 aromatic heterocycles. The van der Waals surface area contributed by atoms with E-state index in [1.807, 2.05) is 0 Å². The fourth-order valence-corrected chi connectivity index (χ4v) is 2.29. The lowest BCUT2D eigenvalue weighted by Gasteiger charge is -2.42. The monoisotopic (exact) mass is 226 g/mol. The van der Waals surface area contributed by atoms with E-state index in [0.29, 0.717) is 0 Å². The molecule has 0 aromatic rings. The normalized spacial score (nSPS) is 36.6. The van der Waals surface area contributed by atoms with Gasteiger partial charge in [0, 0.05) is 5.92 Å². The zero-order valence-corrected chi connectivity index (χ0v) is 8.12. The van der Waals surface area contributed by atoms with Gasteiger partial charge >= 0.3 is 11.9 Å². The number of aliphatic hydroxyl groups is 2. The number of rotatable bonds is 2. The third kappa shape index (κ3) is 1.20. The van der Waals surface area contributed by atoms with Crippen LogP contribution in [0, 0.1) is 5.92 Å². The van der Waals surface area contributed by atoms with Crippen LogP contribution in [0.4, 0.5) is 0 Å². The SMILES string of the molecule is O=C(O)C1=C(C(=O)O)C2(O)C=CC1CC2O. The summed E-state index contributed by atoms with van der Waals surface area (Å²) in [7, 11) is 0. The summed E-state index contributed by atoms with van der Waals surface area (Å²) in [5, 5.41) is 37.5. The van der Waals surface area contributed by atoms with Gasteiger partial charge in [-0.2, -0.15) is 0 Å². The maximum atomic E-state index is 11.0. The summed E-state index contributed by atoms with van der Waals surface area (Å²) >= 11 is 0. The topological polar surface area (TPSA) is 115 Å². The van der Waals surface area contributed by atoms with Crippen molar-refractivity contribution >= 4 is 11.9 Å². The Balaban J connectivity index is 2.67. The number of allylic oxidation sites excluding steroid dienone is 1. The van der Waals surface area contributed by atoms with Gasteiger partial charge in [-0.25, -0.2) is 9.59 Å². The summed E-state index contributed by atoms with van der Waals surface area (Å²) in [4.78, 5) is 21.9. The molecule has 86 valence electrons. The molecule has 0 amide bonds. The van der Waals surface area contributed by atoms with E-state index >= 15 is 0 Å². The average Bonchev–Trinajstić information content (AvgIpc) is 2.17. The van der Waals surface area contributed by atoms with Crippen LogP contribution in [0.25, 0.3) is 0 Å². The number of carboxylic acid groups (broad SMARTS) is 2. The highest BCUT2D eigenvalue weighted by Crippen LogP contribution is 2.43. The van der Waals surface area contributed by atoms with Gasteiger partial charge in [-0.1, -0.05) is 6.08 Å². The highest BCUT2D eigenvalue weighted by molar-refractivity contribution is 6.02. The van der Waals surface area contributed by atoms with Crippen LogP contribution in [0.5, 0.6) is 0 Å². The molecule has 0 saturated heterocycles. The molecule has 2 bridgehead atoms. The van der Waals surface area contributed by atoms with Crippen molar-refractivity contribution in [2.75, 3.05) is 0 Å². The van der Waals surface area contributed by atoms with Gasteiger partial charge in [0.1, 0.15) is 5.60 Å². The first-order chi connectivity index (χ1) is 7.38. The molecule has 3 atom stereocenters.